The molecule has 1 aromatic carbocycles. The summed E-state index contributed by atoms with van der Waals surface area (Å²) in [5.74, 6) is 1.62. The minimum atomic E-state index is 0.0575. The standard InChI is InChI=1S/C13H17NO3/c1-3-12(15)14-10-7-9-5-4-6-11(16-2)13(9)17-8-10/h4-6,10H,3,7-8H2,1-2H3,(H,14,15). The molecule has 0 bridgehead atoms. The number of para-hydroxylation sites is 1. The summed E-state index contributed by atoms with van der Waals surface area (Å²) in [7, 11) is 1.63. The average molecular weight is 235 g/mol. The molecule has 1 unspecified atom stereocenters. The second kappa shape index (κ2) is 5.08. The van der Waals surface area contributed by atoms with Crippen LogP contribution in [0, 0.1) is 0 Å². The first kappa shape index (κ1) is 11.8. The molecule has 4 heteroatoms. The van der Waals surface area contributed by atoms with Crippen LogP contribution in [-0.2, 0) is 11.2 Å². The molecule has 1 aliphatic heterocycles. The lowest BCUT2D eigenvalue weighted by atomic mass is 10.0. The Balaban J connectivity index is 2.11. The minimum absolute atomic E-state index is 0.0575. The predicted octanol–water partition coefficient (Wildman–Crippen LogP) is 1.52. The molecule has 1 aliphatic rings. The molecule has 1 amide bonds. The van der Waals surface area contributed by atoms with Gasteiger partial charge in [0.15, 0.2) is 11.5 Å². The van der Waals surface area contributed by atoms with Gasteiger partial charge in [-0.15, -0.1) is 0 Å². The van der Waals surface area contributed by atoms with Crippen molar-refractivity contribution in [2.45, 2.75) is 25.8 Å². The Morgan fingerprint density at radius 1 is 1.59 bits per heavy atom. The van der Waals surface area contributed by atoms with Crippen molar-refractivity contribution in [3.05, 3.63) is 23.8 Å². The smallest absolute Gasteiger partial charge is 0.220 e. The van der Waals surface area contributed by atoms with Gasteiger partial charge in [0.05, 0.1) is 13.2 Å². The van der Waals surface area contributed by atoms with E-state index in [9.17, 15) is 4.79 Å². The molecule has 2 rings (SSSR count). The third-order valence-corrected chi connectivity index (χ3v) is 2.86. The highest BCUT2D eigenvalue weighted by Gasteiger charge is 2.23. The number of hydrogen-bond donors (Lipinski definition) is 1. The van der Waals surface area contributed by atoms with E-state index in [1.54, 1.807) is 7.11 Å². The van der Waals surface area contributed by atoms with Gasteiger partial charge in [0.1, 0.15) is 6.61 Å². The van der Waals surface area contributed by atoms with Crippen molar-refractivity contribution in [2.75, 3.05) is 13.7 Å². The van der Waals surface area contributed by atoms with E-state index in [1.807, 2.05) is 25.1 Å². The summed E-state index contributed by atoms with van der Waals surface area (Å²) < 4.78 is 10.9. The number of benzene rings is 1. The van der Waals surface area contributed by atoms with Crippen LogP contribution in [0.1, 0.15) is 18.9 Å². The lowest BCUT2D eigenvalue weighted by Crippen LogP contribution is -2.42. The van der Waals surface area contributed by atoms with Crippen LogP contribution in [0.3, 0.4) is 0 Å². The maximum Gasteiger partial charge on any atom is 0.220 e. The lowest BCUT2D eigenvalue weighted by Gasteiger charge is -2.27. The van der Waals surface area contributed by atoms with E-state index in [-0.39, 0.29) is 11.9 Å². The number of fused-ring (bicyclic) bond motifs is 1. The van der Waals surface area contributed by atoms with E-state index in [2.05, 4.69) is 5.32 Å². The number of amides is 1. The Labute approximate surface area is 101 Å². The summed E-state index contributed by atoms with van der Waals surface area (Å²) in [5, 5.41) is 2.94. The monoisotopic (exact) mass is 235 g/mol. The summed E-state index contributed by atoms with van der Waals surface area (Å²) in [6, 6.07) is 5.87. The summed E-state index contributed by atoms with van der Waals surface area (Å²) in [6.07, 6.45) is 1.29. The molecule has 0 saturated carbocycles. The first-order valence-electron chi connectivity index (χ1n) is 5.82. The molecule has 0 aromatic heterocycles. The lowest BCUT2D eigenvalue weighted by molar-refractivity contribution is -0.121. The van der Waals surface area contributed by atoms with Gasteiger partial charge in [-0.25, -0.2) is 0 Å². The molecule has 92 valence electrons. The maximum atomic E-state index is 11.3. The Hall–Kier alpha value is -1.71. The number of rotatable bonds is 3. The summed E-state index contributed by atoms with van der Waals surface area (Å²) >= 11 is 0. The second-order valence-corrected chi connectivity index (χ2v) is 4.08. The van der Waals surface area contributed by atoms with Crippen LogP contribution < -0.4 is 14.8 Å². The van der Waals surface area contributed by atoms with Crippen LogP contribution in [-0.4, -0.2) is 25.7 Å². The van der Waals surface area contributed by atoms with E-state index < -0.39 is 0 Å². The molecule has 1 N–H and O–H groups in total. The third kappa shape index (κ3) is 2.52. The van der Waals surface area contributed by atoms with Crippen LogP contribution in [0.4, 0.5) is 0 Å². The zero-order valence-electron chi connectivity index (χ0n) is 10.2. The van der Waals surface area contributed by atoms with Crippen LogP contribution >= 0.6 is 0 Å². The van der Waals surface area contributed by atoms with Crippen molar-refractivity contribution < 1.29 is 14.3 Å². The van der Waals surface area contributed by atoms with Gasteiger partial charge in [0.25, 0.3) is 0 Å². The largest absolute Gasteiger partial charge is 0.493 e. The summed E-state index contributed by atoms with van der Waals surface area (Å²) in [5.41, 5.74) is 1.08. The Morgan fingerprint density at radius 3 is 3.12 bits per heavy atom. The summed E-state index contributed by atoms with van der Waals surface area (Å²) in [6.45, 7) is 2.34. The maximum absolute atomic E-state index is 11.3. The Kier molecular flexibility index (Phi) is 3.52. The molecular weight excluding hydrogens is 218 g/mol. The van der Waals surface area contributed by atoms with Gasteiger partial charge in [-0.1, -0.05) is 19.1 Å². The number of carbonyl (C=O) groups is 1. The van der Waals surface area contributed by atoms with Crippen LogP contribution in [0.25, 0.3) is 0 Å². The van der Waals surface area contributed by atoms with Gasteiger partial charge >= 0.3 is 0 Å². The fourth-order valence-corrected chi connectivity index (χ4v) is 1.98. The number of nitrogens with one attached hydrogen (secondary N) is 1. The van der Waals surface area contributed by atoms with Crippen LogP contribution in [0.2, 0.25) is 0 Å². The molecule has 1 aromatic rings. The molecular formula is C13H17NO3. The van der Waals surface area contributed by atoms with Gasteiger partial charge in [-0.05, 0) is 12.5 Å². The van der Waals surface area contributed by atoms with Gasteiger partial charge in [0, 0.05) is 12.0 Å². The van der Waals surface area contributed by atoms with Crippen LogP contribution in [0.15, 0.2) is 18.2 Å². The van der Waals surface area contributed by atoms with Crippen molar-refractivity contribution in [1.82, 2.24) is 5.32 Å². The first-order chi connectivity index (χ1) is 8.24. The molecule has 4 nitrogen and oxygen atoms in total. The second-order valence-electron chi connectivity index (χ2n) is 4.08. The van der Waals surface area contributed by atoms with E-state index in [4.69, 9.17) is 9.47 Å². The van der Waals surface area contributed by atoms with Crippen molar-refractivity contribution in [3.8, 4) is 11.5 Å². The van der Waals surface area contributed by atoms with Crippen molar-refractivity contribution in [3.63, 3.8) is 0 Å². The zero-order valence-corrected chi connectivity index (χ0v) is 10.2. The highest BCUT2D eigenvalue weighted by molar-refractivity contribution is 5.76. The molecule has 1 heterocycles. The number of ether oxygens (including phenoxy) is 2. The Morgan fingerprint density at radius 2 is 2.41 bits per heavy atom. The zero-order chi connectivity index (χ0) is 12.3. The van der Waals surface area contributed by atoms with Crippen molar-refractivity contribution >= 4 is 5.91 Å². The molecule has 1 atom stereocenters. The highest BCUT2D eigenvalue weighted by atomic mass is 16.5. The summed E-state index contributed by atoms with van der Waals surface area (Å²) in [4.78, 5) is 11.3. The number of methoxy groups -OCH3 is 1. The quantitative estimate of drug-likeness (QED) is 0.864. The Bertz CT molecular complexity index is 417. The molecule has 0 saturated heterocycles. The fourth-order valence-electron chi connectivity index (χ4n) is 1.98. The van der Waals surface area contributed by atoms with E-state index in [1.165, 1.54) is 0 Å². The SMILES string of the molecule is CCC(=O)NC1COc2c(cccc2OC)C1. The van der Waals surface area contributed by atoms with Gasteiger partial charge < -0.3 is 14.8 Å². The van der Waals surface area contributed by atoms with Gasteiger partial charge in [-0.2, -0.15) is 0 Å². The highest BCUT2D eigenvalue weighted by Crippen LogP contribution is 2.34. The normalized spacial score (nSPS) is 17.9. The molecule has 0 radical (unpaired) electrons. The third-order valence-electron chi connectivity index (χ3n) is 2.86. The predicted molar refractivity (Wildman–Crippen MR) is 64.4 cm³/mol. The van der Waals surface area contributed by atoms with E-state index in [0.717, 1.165) is 23.5 Å². The molecule has 0 aliphatic carbocycles. The fraction of sp³-hybridized carbons (Fsp3) is 0.462. The van der Waals surface area contributed by atoms with Crippen molar-refractivity contribution in [1.29, 1.82) is 0 Å². The molecule has 0 fully saturated rings. The van der Waals surface area contributed by atoms with Gasteiger partial charge in [-0.3, -0.25) is 4.79 Å². The van der Waals surface area contributed by atoms with E-state index in [0.29, 0.717) is 13.0 Å². The first-order valence-corrected chi connectivity index (χ1v) is 5.82. The van der Waals surface area contributed by atoms with Crippen LogP contribution in [0.5, 0.6) is 11.5 Å². The number of hydrogen-bond acceptors (Lipinski definition) is 3. The average Bonchev–Trinajstić information content (AvgIpc) is 2.37. The minimum Gasteiger partial charge on any atom is -0.493 e. The van der Waals surface area contributed by atoms with E-state index >= 15 is 0 Å². The van der Waals surface area contributed by atoms with Crippen molar-refractivity contribution in [2.24, 2.45) is 0 Å². The topological polar surface area (TPSA) is 47.6 Å². The molecule has 17 heavy (non-hydrogen) atoms. The molecule has 0 spiro atoms. The van der Waals surface area contributed by atoms with Gasteiger partial charge in [0.2, 0.25) is 5.91 Å². The number of carbonyl (C=O) groups excluding carboxylic acids is 1.